The zero-order valence-electron chi connectivity index (χ0n) is 37.0. The molecule has 0 radical (unpaired) electrons. The monoisotopic (exact) mass is 932 g/mol. The third-order valence-corrected chi connectivity index (χ3v) is 11.4. The lowest BCUT2D eigenvalue weighted by molar-refractivity contribution is -0.361. The first-order chi connectivity index (χ1) is 29.4. The maximum absolute atomic E-state index is 9.76. The van der Waals surface area contributed by atoms with E-state index in [2.05, 4.69) is 30.8 Å². The molecule has 4 aliphatic rings. The van der Waals surface area contributed by atoms with E-state index in [-0.39, 0.29) is 25.9 Å². The second-order valence-corrected chi connectivity index (χ2v) is 18.1. The molecule has 61 heavy (non-hydrogen) atoms. The number of rotatable bonds is 27. The van der Waals surface area contributed by atoms with E-state index in [0.29, 0.717) is 32.8 Å². The summed E-state index contributed by atoms with van der Waals surface area (Å²) in [4.78, 5) is 3.13. The molecule has 6 unspecified atom stereocenters. The van der Waals surface area contributed by atoms with Gasteiger partial charge in [-0.25, -0.2) is 0 Å². The zero-order valence-corrected chi connectivity index (χ0v) is 39.2. The molecular weight excluding hydrogens is 863 g/mol. The molecule has 0 bridgehead atoms. The Labute approximate surface area is 377 Å². The highest BCUT2D eigenvalue weighted by molar-refractivity contribution is 6.76. The Balaban J connectivity index is 1.63. The fourth-order valence-corrected chi connectivity index (χ4v) is 7.63. The second kappa shape index (κ2) is 27.6. The van der Waals surface area contributed by atoms with Crippen LogP contribution in [0, 0.1) is 5.41 Å². The van der Waals surface area contributed by atoms with Crippen LogP contribution >= 0.6 is 34.8 Å². The van der Waals surface area contributed by atoms with Gasteiger partial charge < -0.3 is 61.6 Å². The summed E-state index contributed by atoms with van der Waals surface area (Å²) in [5.74, 6) is -0.715. The van der Waals surface area contributed by atoms with Crippen LogP contribution in [0.25, 0.3) is 10.4 Å². The van der Waals surface area contributed by atoms with E-state index in [1.54, 1.807) is 6.92 Å². The van der Waals surface area contributed by atoms with Gasteiger partial charge in [-0.2, -0.15) is 0 Å². The first-order valence-corrected chi connectivity index (χ1v) is 23.5. The number of hydrogen-bond donors (Lipinski definition) is 1. The highest BCUT2D eigenvalue weighted by Crippen LogP contribution is 2.40. The quantitative estimate of drug-likeness (QED) is 0.0157. The van der Waals surface area contributed by atoms with Crippen LogP contribution in [0.4, 0.5) is 0 Å². The minimum atomic E-state index is -2.23. The van der Waals surface area contributed by atoms with Crippen molar-refractivity contribution < 1.29 is 61.6 Å². The molecule has 354 valence electrons. The van der Waals surface area contributed by atoms with Gasteiger partial charge in [-0.3, -0.25) is 5.41 Å². The van der Waals surface area contributed by atoms with Crippen LogP contribution in [0.3, 0.4) is 0 Å². The van der Waals surface area contributed by atoms with E-state index in [0.717, 1.165) is 57.8 Å². The van der Waals surface area contributed by atoms with E-state index in [4.69, 9.17) is 102 Å². The van der Waals surface area contributed by atoms with Crippen molar-refractivity contribution in [1.82, 2.24) is 0 Å². The lowest BCUT2D eigenvalue weighted by Gasteiger charge is -2.48. The topological polar surface area (TPSA) is 193 Å². The van der Waals surface area contributed by atoms with Crippen LogP contribution in [0.2, 0.25) is 0 Å². The Kier molecular flexibility index (Phi) is 23.9. The zero-order chi connectivity index (χ0) is 44.4. The third-order valence-electron chi connectivity index (χ3n) is 10.9. The molecule has 0 aromatic carbocycles. The molecule has 4 fully saturated rings. The summed E-state index contributed by atoms with van der Waals surface area (Å²) in [5.41, 5.74) is 9.76. The number of alkyl halides is 3. The average molecular weight is 934 g/mol. The smallest absolute Gasteiger partial charge is 0.265 e. The van der Waals surface area contributed by atoms with Gasteiger partial charge in [0, 0.05) is 37.9 Å². The van der Waals surface area contributed by atoms with Crippen molar-refractivity contribution in [3.8, 4) is 0 Å². The highest BCUT2D eigenvalue weighted by Gasteiger charge is 2.58. The summed E-state index contributed by atoms with van der Waals surface area (Å²) in [7, 11) is 0. The lowest BCUT2D eigenvalue weighted by Crippen LogP contribution is -2.65. The second-order valence-electron chi connectivity index (χ2n) is 15.8. The molecule has 4 aliphatic heterocycles. The molecule has 0 aromatic heterocycles. The Morgan fingerprint density at radius 1 is 0.672 bits per heavy atom. The molecule has 0 aromatic rings. The van der Waals surface area contributed by atoms with Crippen molar-refractivity contribution in [3.05, 3.63) is 10.4 Å². The van der Waals surface area contributed by atoms with Gasteiger partial charge in [0.1, 0.15) is 48.8 Å². The molecule has 0 saturated carbocycles. The van der Waals surface area contributed by atoms with Crippen LogP contribution < -0.4 is 0 Å². The minimum absolute atomic E-state index is 0.0304. The SMILES string of the molecule is CCCCOC[C@H]1O[C@H](OC(=N)C(Cl)(Cl)Cl)C(O[C@@H]2O[C@H](C)[C@H](O[C@@H]3OC[C@@H](OCCCC)C(OCCCC)C3OCCCC)C3O[C@@H](C)OC32)C(OCCCC)[C@H]1N=[N+]=[N-]. The first kappa shape index (κ1) is 52.8. The molecule has 1 N–H and O–H groups in total. The molecule has 4 heterocycles. The standard InChI is InChI=1S/C41H71Cl3N4O13/c1-8-13-18-49-23-27-29(47-48-46)32(52-21-16-11-4)35(39(58-27)61-40(45)41(42,43)44)60-38-36-33(56-26(7)57-36)30(25(6)55-38)59-37-34(53-22-17-12-5)31(51-20-15-10-3)28(24-54-37)50-19-14-9-2/h25-39,45H,8-24H2,1-7H3/t25-,26-,27-,28-,29+,30+,31?,32?,33?,34?,35?,36?,37+,38+,39-/m1/s1. The van der Waals surface area contributed by atoms with Gasteiger partial charge in [-0.15, -0.1) is 0 Å². The van der Waals surface area contributed by atoms with Gasteiger partial charge in [0.2, 0.25) is 12.2 Å². The fourth-order valence-electron chi connectivity index (χ4n) is 7.49. The largest absolute Gasteiger partial charge is 0.445 e. The summed E-state index contributed by atoms with van der Waals surface area (Å²) in [5, 5.41) is 12.6. The first-order valence-electron chi connectivity index (χ1n) is 22.4. The van der Waals surface area contributed by atoms with Crippen molar-refractivity contribution in [2.45, 2.75) is 209 Å². The number of unbranched alkanes of at least 4 members (excludes halogenated alkanes) is 5. The number of ether oxygens (including phenoxy) is 13. The van der Waals surface area contributed by atoms with Gasteiger partial charge in [0.05, 0.1) is 31.5 Å². The van der Waals surface area contributed by atoms with Gasteiger partial charge >= 0.3 is 0 Å². The molecule has 0 aliphatic carbocycles. The Morgan fingerprint density at radius 3 is 1.84 bits per heavy atom. The Bertz CT molecular complexity index is 1310. The van der Waals surface area contributed by atoms with Gasteiger partial charge in [0.15, 0.2) is 18.9 Å². The minimum Gasteiger partial charge on any atom is -0.445 e. The molecule has 0 amide bonds. The van der Waals surface area contributed by atoms with Crippen molar-refractivity contribution in [2.75, 3.05) is 46.2 Å². The molecule has 0 spiro atoms. The highest BCUT2D eigenvalue weighted by atomic mass is 35.6. The molecule has 4 rings (SSSR count). The summed E-state index contributed by atoms with van der Waals surface area (Å²) < 4.78 is 81.1. The number of azide groups is 1. The van der Waals surface area contributed by atoms with E-state index < -0.39 is 95.8 Å². The number of halogens is 3. The third kappa shape index (κ3) is 15.6. The van der Waals surface area contributed by atoms with Crippen molar-refractivity contribution in [3.63, 3.8) is 0 Å². The average Bonchev–Trinajstić information content (AvgIpc) is 3.62. The lowest BCUT2D eigenvalue weighted by atomic mass is 9.95. The molecule has 20 heteroatoms. The summed E-state index contributed by atoms with van der Waals surface area (Å²) in [6, 6.07) is -0.946. The van der Waals surface area contributed by atoms with Crippen molar-refractivity contribution in [2.24, 2.45) is 5.11 Å². The van der Waals surface area contributed by atoms with Gasteiger partial charge in [0.25, 0.3) is 3.79 Å². The molecule has 15 atom stereocenters. The van der Waals surface area contributed by atoms with E-state index in [9.17, 15) is 5.53 Å². The Morgan fingerprint density at radius 2 is 1.23 bits per heavy atom. The summed E-state index contributed by atoms with van der Waals surface area (Å²) in [6.45, 7) is 16.7. The molecular formula is C41H71Cl3N4O13. The van der Waals surface area contributed by atoms with Crippen molar-refractivity contribution >= 4 is 40.7 Å². The van der Waals surface area contributed by atoms with Gasteiger partial charge in [-0.1, -0.05) is 107 Å². The van der Waals surface area contributed by atoms with Crippen LogP contribution in [0.5, 0.6) is 0 Å². The van der Waals surface area contributed by atoms with E-state index >= 15 is 0 Å². The van der Waals surface area contributed by atoms with Crippen molar-refractivity contribution in [1.29, 1.82) is 5.41 Å². The van der Waals surface area contributed by atoms with E-state index in [1.807, 2.05) is 20.8 Å². The number of nitrogens with zero attached hydrogens (tertiary/aromatic N) is 3. The van der Waals surface area contributed by atoms with Crippen LogP contribution in [0.15, 0.2) is 5.11 Å². The summed E-state index contributed by atoms with van der Waals surface area (Å²) in [6.07, 6.45) is -2.60. The fraction of sp³-hybridized carbons (Fsp3) is 0.976. The maximum Gasteiger partial charge on any atom is 0.265 e. The maximum atomic E-state index is 9.76. The number of nitrogens with one attached hydrogen (secondary N) is 1. The van der Waals surface area contributed by atoms with Crippen LogP contribution in [0.1, 0.15) is 113 Å². The van der Waals surface area contributed by atoms with Gasteiger partial charge in [-0.05, 0) is 51.5 Å². The Hall–Kier alpha value is -0.830. The number of fused-ring (bicyclic) bond motifs is 1. The molecule has 4 saturated heterocycles. The predicted octanol–water partition coefficient (Wildman–Crippen LogP) is 8.31. The molecule has 17 nitrogen and oxygen atoms in total. The summed E-state index contributed by atoms with van der Waals surface area (Å²) >= 11 is 18.3. The normalized spacial score (nSPS) is 35.4. The van der Waals surface area contributed by atoms with Crippen LogP contribution in [-0.4, -0.2) is 148 Å². The number of hydrogen-bond acceptors (Lipinski definition) is 15. The van der Waals surface area contributed by atoms with E-state index in [1.165, 1.54) is 0 Å². The van der Waals surface area contributed by atoms with Crippen LogP contribution in [-0.2, 0) is 61.6 Å². The predicted molar refractivity (Wildman–Crippen MR) is 228 cm³/mol.